The lowest BCUT2D eigenvalue weighted by Crippen LogP contribution is -2.49. The lowest BCUT2D eigenvalue weighted by Gasteiger charge is -2.41. The minimum Gasteiger partial charge on any atom is -0.477 e. The summed E-state index contributed by atoms with van der Waals surface area (Å²) < 4.78 is 45.4. The maximum absolute atomic E-state index is 13.4. The van der Waals surface area contributed by atoms with Crippen molar-refractivity contribution in [2.45, 2.75) is 44.3 Å². The van der Waals surface area contributed by atoms with Crippen LogP contribution in [-0.2, 0) is 11.6 Å². The van der Waals surface area contributed by atoms with Crippen molar-refractivity contribution in [1.29, 1.82) is 5.26 Å². The van der Waals surface area contributed by atoms with Gasteiger partial charge >= 0.3 is 12.2 Å². The highest BCUT2D eigenvalue weighted by molar-refractivity contribution is 5.94. The quantitative estimate of drug-likeness (QED) is 0.429. The number of nitriles is 1. The van der Waals surface area contributed by atoms with E-state index in [2.05, 4.69) is 10.3 Å². The van der Waals surface area contributed by atoms with E-state index in [4.69, 9.17) is 15.5 Å². The number of anilines is 2. The maximum atomic E-state index is 13.4. The molecule has 42 heavy (non-hydrogen) atoms. The molecule has 1 spiro atoms. The number of carbonyl (C=O) groups excluding carboxylic acids is 1. The molecule has 1 fully saturated rings. The Morgan fingerprint density at radius 2 is 2.00 bits per heavy atom. The van der Waals surface area contributed by atoms with Crippen LogP contribution in [0.1, 0.15) is 43.4 Å². The minimum absolute atomic E-state index is 0.0163. The third-order valence-electron chi connectivity index (χ3n) is 7.82. The van der Waals surface area contributed by atoms with E-state index in [0.29, 0.717) is 74.3 Å². The third kappa shape index (κ3) is 5.56. The number of aromatic nitrogens is 2. The number of pyridine rings is 2. The molecule has 0 saturated carbocycles. The van der Waals surface area contributed by atoms with Gasteiger partial charge in [0.2, 0.25) is 5.88 Å². The van der Waals surface area contributed by atoms with Crippen LogP contribution in [0, 0.1) is 11.3 Å². The molecule has 0 bridgehead atoms. The minimum atomic E-state index is -4.53. The Morgan fingerprint density at radius 1 is 1.24 bits per heavy atom. The van der Waals surface area contributed by atoms with Crippen molar-refractivity contribution in [3.05, 3.63) is 65.4 Å². The number of hydrogen-bond acceptors (Lipinski definition) is 7. The number of fused-ring (bicyclic) bond motifs is 2. The number of benzene rings is 1. The van der Waals surface area contributed by atoms with E-state index in [1.807, 2.05) is 36.1 Å². The standard InChI is InChI=1S/C30H32F3N7O2/c1-3-42-27-22(5-4-12-36-27)24-8-7-23-26(38-24)40(28(41)37-17-19(2)35)18-29(23)10-13-39(14-11-29)25-9-6-21(30(31,32)33)15-20(25)16-34/h4-9,12,15,19H,3,10-11,13-14,17-18,35H2,1-2H3,(H,37,41)/t19-/m0/s1. The molecule has 220 valence electrons. The molecule has 1 atom stereocenters. The van der Waals surface area contributed by atoms with E-state index >= 15 is 0 Å². The fraction of sp³-hybridized carbons (Fsp3) is 0.400. The molecule has 2 aromatic heterocycles. The van der Waals surface area contributed by atoms with Gasteiger partial charge in [0, 0.05) is 49.4 Å². The number of piperidine rings is 1. The summed E-state index contributed by atoms with van der Waals surface area (Å²) in [4.78, 5) is 26.2. The number of nitrogens with one attached hydrogen (secondary N) is 1. The van der Waals surface area contributed by atoms with E-state index in [1.54, 1.807) is 24.1 Å². The van der Waals surface area contributed by atoms with Crippen molar-refractivity contribution >= 4 is 17.5 Å². The van der Waals surface area contributed by atoms with E-state index in [9.17, 15) is 23.2 Å². The molecule has 5 rings (SSSR count). The van der Waals surface area contributed by atoms with Crippen LogP contribution in [0.2, 0.25) is 0 Å². The molecule has 0 aliphatic carbocycles. The molecule has 2 aliphatic rings. The predicted octanol–water partition coefficient (Wildman–Crippen LogP) is 4.85. The molecule has 4 heterocycles. The van der Waals surface area contributed by atoms with E-state index in [0.717, 1.165) is 17.7 Å². The summed E-state index contributed by atoms with van der Waals surface area (Å²) in [6.07, 6.45) is -1.66. The second-order valence-electron chi connectivity index (χ2n) is 10.7. The Kier molecular flexibility index (Phi) is 7.97. The van der Waals surface area contributed by atoms with Gasteiger partial charge in [0.05, 0.1) is 34.7 Å². The van der Waals surface area contributed by atoms with Crippen molar-refractivity contribution in [1.82, 2.24) is 15.3 Å². The number of halogens is 3. The average Bonchev–Trinajstić information content (AvgIpc) is 3.29. The van der Waals surface area contributed by atoms with Crippen molar-refractivity contribution in [2.75, 3.05) is 42.6 Å². The number of nitrogens with two attached hydrogens (primary N) is 1. The van der Waals surface area contributed by atoms with Crippen LogP contribution in [0.3, 0.4) is 0 Å². The van der Waals surface area contributed by atoms with Crippen LogP contribution in [0.4, 0.5) is 29.5 Å². The van der Waals surface area contributed by atoms with Crippen molar-refractivity contribution < 1.29 is 22.7 Å². The summed E-state index contributed by atoms with van der Waals surface area (Å²) in [5.74, 6) is 0.993. The van der Waals surface area contributed by atoms with Gasteiger partial charge in [-0.2, -0.15) is 18.4 Å². The number of urea groups is 1. The zero-order valence-electron chi connectivity index (χ0n) is 23.4. The number of amides is 2. The van der Waals surface area contributed by atoms with Crippen molar-refractivity contribution in [3.8, 4) is 23.2 Å². The number of alkyl halides is 3. The maximum Gasteiger partial charge on any atom is 0.416 e. The fourth-order valence-electron chi connectivity index (χ4n) is 5.71. The summed E-state index contributed by atoms with van der Waals surface area (Å²) in [7, 11) is 0. The smallest absolute Gasteiger partial charge is 0.416 e. The van der Waals surface area contributed by atoms with Crippen LogP contribution in [-0.4, -0.2) is 54.8 Å². The number of nitrogens with zero attached hydrogens (tertiary/aromatic N) is 5. The first-order chi connectivity index (χ1) is 20.1. The zero-order valence-corrected chi connectivity index (χ0v) is 23.4. The van der Waals surface area contributed by atoms with Gasteiger partial charge in [-0.05, 0) is 63.1 Å². The average molecular weight is 580 g/mol. The highest BCUT2D eigenvalue weighted by Crippen LogP contribution is 2.48. The van der Waals surface area contributed by atoms with Crippen molar-refractivity contribution in [3.63, 3.8) is 0 Å². The zero-order chi connectivity index (χ0) is 30.1. The summed E-state index contributed by atoms with van der Waals surface area (Å²) in [5, 5.41) is 12.5. The van der Waals surface area contributed by atoms with Gasteiger partial charge in [0.25, 0.3) is 0 Å². The van der Waals surface area contributed by atoms with Crippen LogP contribution in [0.15, 0.2) is 48.7 Å². The van der Waals surface area contributed by atoms with E-state index < -0.39 is 17.2 Å². The summed E-state index contributed by atoms with van der Waals surface area (Å²) in [5.41, 5.74) is 7.32. The van der Waals surface area contributed by atoms with Gasteiger partial charge in [-0.15, -0.1) is 0 Å². The normalized spacial score (nSPS) is 16.6. The Morgan fingerprint density at radius 3 is 2.67 bits per heavy atom. The molecule has 2 amide bonds. The second-order valence-corrected chi connectivity index (χ2v) is 10.7. The van der Waals surface area contributed by atoms with Gasteiger partial charge in [0.15, 0.2) is 0 Å². The number of carbonyl (C=O) groups is 1. The SMILES string of the molecule is CCOc1ncccc1-c1ccc2c(n1)N(C(=O)NC[C@H](C)N)CC21CCN(c2ccc(C(F)(F)F)cc2C#N)CC1. The van der Waals surface area contributed by atoms with Crippen LogP contribution >= 0.6 is 0 Å². The number of rotatable bonds is 6. The van der Waals surface area contributed by atoms with Gasteiger partial charge in [-0.3, -0.25) is 4.90 Å². The topological polar surface area (TPSA) is 120 Å². The summed E-state index contributed by atoms with van der Waals surface area (Å²) >= 11 is 0. The molecule has 1 saturated heterocycles. The first kappa shape index (κ1) is 29.1. The van der Waals surface area contributed by atoms with E-state index in [-0.39, 0.29) is 17.6 Å². The number of hydrogen-bond donors (Lipinski definition) is 2. The molecular weight excluding hydrogens is 547 g/mol. The Balaban J connectivity index is 1.47. The van der Waals surface area contributed by atoms with Gasteiger partial charge in [0.1, 0.15) is 11.9 Å². The highest BCUT2D eigenvalue weighted by atomic mass is 19.4. The largest absolute Gasteiger partial charge is 0.477 e. The molecule has 0 unspecified atom stereocenters. The van der Waals surface area contributed by atoms with Crippen LogP contribution in [0.25, 0.3) is 11.3 Å². The first-order valence-electron chi connectivity index (χ1n) is 13.8. The molecule has 3 aromatic rings. The van der Waals surface area contributed by atoms with Gasteiger partial charge in [-0.1, -0.05) is 6.07 Å². The van der Waals surface area contributed by atoms with Gasteiger partial charge in [-0.25, -0.2) is 14.8 Å². The Hall–Kier alpha value is -4.37. The molecule has 12 heteroatoms. The Bertz CT molecular complexity index is 1510. The highest BCUT2D eigenvalue weighted by Gasteiger charge is 2.48. The second kappa shape index (κ2) is 11.5. The number of ether oxygens (including phenoxy) is 1. The summed E-state index contributed by atoms with van der Waals surface area (Å²) in [6.45, 7) is 5.79. The Labute approximate surface area is 242 Å². The third-order valence-corrected chi connectivity index (χ3v) is 7.82. The monoisotopic (exact) mass is 579 g/mol. The lowest BCUT2D eigenvalue weighted by atomic mass is 9.74. The van der Waals surface area contributed by atoms with Gasteiger partial charge < -0.3 is 20.7 Å². The molecule has 2 aliphatic heterocycles. The molecular formula is C30H32F3N7O2. The lowest BCUT2D eigenvalue weighted by molar-refractivity contribution is -0.137. The van der Waals surface area contributed by atoms with E-state index in [1.165, 1.54) is 6.07 Å². The predicted molar refractivity (Wildman–Crippen MR) is 152 cm³/mol. The van der Waals surface area contributed by atoms with Crippen LogP contribution < -0.4 is 25.6 Å². The molecule has 9 nitrogen and oxygen atoms in total. The molecule has 1 aromatic carbocycles. The van der Waals surface area contributed by atoms with Crippen LogP contribution in [0.5, 0.6) is 5.88 Å². The fourth-order valence-corrected chi connectivity index (χ4v) is 5.71. The molecule has 3 N–H and O–H groups in total. The van der Waals surface area contributed by atoms with Crippen molar-refractivity contribution in [2.24, 2.45) is 5.73 Å². The molecule has 0 radical (unpaired) electrons. The summed E-state index contributed by atoms with van der Waals surface area (Å²) in [6, 6.07) is 12.2. The first-order valence-corrected chi connectivity index (χ1v) is 13.8.